The van der Waals surface area contributed by atoms with Crippen molar-refractivity contribution in [1.82, 2.24) is 0 Å². The molecule has 0 aromatic carbocycles. The quantitative estimate of drug-likeness (QED) is 0.478. The summed E-state index contributed by atoms with van der Waals surface area (Å²) in [6.45, 7) is 4.60. The van der Waals surface area contributed by atoms with Crippen LogP contribution in [0.3, 0.4) is 0 Å². The Morgan fingerprint density at radius 2 is 2.08 bits per heavy atom. The second kappa shape index (κ2) is 8.36. The highest BCUT2D eigenvalue weighted by Gasteiger charge is 2.38. The van der Waals surface area contributed by atoms with E-state index >= 15 is 0 Å². The molecule has 3 aliphatic rings. The van der Waals surface area contributed by atoms with Crippen LogP contribution in [0.1, 0.15) is 71.6 Å². The highest BCUT2D eigenvalue weighted by atomic mass is 16.5. The Bertz CT molecular complexity index is 478. The molecule has 1 heterocycles. The molecule has 2 unspecified atom stereocenters. The minimum atomic E-state index is 0.0175. The summed E-state index contributed by atoms with van der Waals surface area (Å²) < 4.78 is 5.54. The van der Waals surface area contributed by atoms with Crippen LogP contribution in [0.2, 0.25) is 0 Å². The minimum absolute atomic E-state index is 0.0175. The minimum Gasteiger partial charge on any atom is -0.462 e. The second-order valence-electron chi connectivity index (χ2n) is 8.23. The summed E-state index contributed by atoms with van der Waals surface area (Å²) in [6.07, 6.45) is 20.2. The van der Waals surface area contributed by atoms with Gasteiger partial charge in [0.1, 0.15) is 6.10 Å². The SMILES string of the molecule is CC/C=C/[C@@H]1CC[C@H]2C(C=C[C@H](C)C2CC[C@@H]2CCCC(=O)O2)C1. The molecule has 2 nitrogen and oxygen atoms in total. The summed E-state index contributed by atoms with van der Waals surface area (Å²) in [5.74, 6) is 3.86. The summed E-state index contributed by atoms with van der Waals surface area (Å²) in [5.41, 5.74) is 0. The molecule has 0 amide bonds. The normalized spacial score (nSPS) is 39.7. The van der Waals surface area contributed by atoms with Gasteiger partial charge in [0, 0.05) is 6.42 Å². The number of allylic oxidation sites excluding steroid dienone is 4. The molecule has 24 heavy (non-hydrogen) atoms. The largest absolute Gasteiger partial charge is 0.462 e. The summed E-state index contributed by atoms with van der Waals surface area (Å²) in [5, 5.41) is 0. The van der Waals surface area contributed by atoms with Crippen molar-refractivity contribution in [2.45, 2.75) is 77.7 Å². The summed E-state index contributed by atoms with van der Waals surface area (Å²) in [4.78, 5) is 11.5. The van der Waals surface area contributed by atoms with E-state index in [0.29, 0.717) is 12.3 Å². The number of rotatable bonds is 5. The third-order valence-electron chi connectivity index (χ3n) is 6.55. The van der Waals surface area contributed by atoms with Gasteiger partial charge >= 0.3 is 5.97 Å². The average Bonchev–Trinajstić information content (AvgIpc) is 2.59. The van der Waals surface area contributed by atoms with Crippen molar-refractivity contribution in [2.75, 3.05) is 0 Å². The molecule has 1 aliphatic heterocycles. The first-order valence-electron chi connectivity index (χ1n) is 10.2. The van der Waals surface area contributed by atoms with E-state index in [1.54, 1.807) is 0 Å². The fourth-order valence-corrected chi connectivity index (χ4v) is 5.21. The third kappa shape index (κ3) is 4.32. The molecule has 0 N–H and O–H groups in total. The van der Waals surface area contributed by atoms with Crippen LogP contribution in [0.15, 0.2) is 24.3 Å². The van der Waals surface area contributed by atoms with E-state index < -0.39 is 0 Å². The number of cyclic esters (lactones) is 1. The predicted octanol–water partition coefficient (Wildman–Crippen LogP) is 5.68. The molecular formula is C22H34O2. The zero-order valence-electron chi connectivity index (χ0n) is 15.5. The molecule has 0 radical (unpaired) electrons. The van der Waals surface area contributed by atoms with Crippen molar-refractivity contribution in [3.63, 3.8) is 0 Å². The standard InChI is InChI=1S/C22H34O2/c1-3-4-6-17-10-13-21-18(15-17)11-9-16(2)20(21)14-12-19-7-5-8-22(23)24-19/h4,6,9,11,16-21H,3,5,7-8,10,12-15H2,1-2H3/b6-4+/t16-,17+,18?,19-,20?,21-/m0/s1. The number of fused-ring (bicyclic) bond motifs is 1. The van der Waals surface area contributed by atoms with E-state index in [1.165, 1.54) is 25.7 Å². The molecule has 3 rings (SSSR count). The first kappa shape index (κ1) is 17.8. The Hall–Kier alpha value is -1.05. The van der Waals surface area contributed by atoms with Gasteiger partial charge in [0.2, 0.25) is 0 Å². The van der Waals surface area contributed by atoms with Crippen molar-refractivity contribution >= 4 is 5.97 Å². The van der Waals surface area contributed by atoms with E-state index in [0.717, 1.165) is 49.4 Å². The molecule has 0 bridgehead atoms. The average molecular weight is 331 g/mol. The van der Waals surface area contributed by atoms with Crippen LogP contribution in [0.4, 0.5) is 0 Å². The number of esters is 1. The lowest BCUT2D eigenvalue weighted by atomic mass is 9.62. The zero-order chi connectivity index (χ0) is 16.9. The molecule has 134 valence electrons. The van der Waals surface area contributed by atoms with Gasteiger partial charge in [-0.2, -0.15) is 0 Å². The molecule has 6 atom stereocenters. The molecule has 1 saturated carbocycles. The van der Waals surface area contributed by atoms with Gasteiger partial charge in [-0.15, -0.1) is 0 Å². The van der Waals surface area contributed by atoms with Gasteiger partial charge in [0.15, 0.2) is 0 Å². The fourth-order valence-electron chi connectivity index (χ4n) is 5.21. The van der Waals surface area contributed by atoms with Crippen molar-refractivity contribution in [2.24, 2.45) is 29.6 Å². The van der Waals surface area contributed by atoms with E-state index in [9.17, 15) is 4.79 Å². The van der Waals surface area contributed by atoms with Gasteiger partial charge in [-0.25, -0.2) is 0 Å². The zero-order valence-corrected chi connectivity index (χ0v) is 15.5. The van der Waals surface area contributed by atoms with Crippen LogP contribution in [0.25, 0.3) is 0 Å². The highest BCUT2D eigenvalue weighted by Crippen LogP contribution is 2.47. The van der Waals surface area contributed by atoms with E-state index in [2.05, 4.69) is 38.2 Å². The monoisotopic (exact) mass is 330 g/mol. The second-order valence-corrected chi connectivity index (χ2v) is 8.23. The lowest BCUT2D eigenvalue weighted by Gasteiger charge is -2.44. The Morgan fingerprint density at radius 1 is 1.21 bits per heavy atom. The maximum atomic E-state index is 11.5. The third-order valence-corrected chi connectivity index (χ3v) is 6.55. The molecule has 0 spiro atoms. The molecule has 2 heteroatoms. The van der Waals surface area contributed by atoms with Gasteiger partial charge in [-0.3, -0.25) is 4.79 Å². The predicted molar refractivity (Wildman–Crippen MR) is 98.5 cm³/mol. The van der Waals surface area contributed by atoms with Crippen LogP contribution in [0.5, 0.6) is 0 Å². The molecular weight excluding hydrogens is 296 g/mol. The molecule has 1 saturated heterocycles. The maximum Gasteiger partial charge on any atom is 0.306 e. The smallest absolute Gasteiger partial charge is 0.306 e. The van der Waals surface area contributed by atoms with Crippen LogP contribution >= 0.6 is 0 Å². The Morgan fingerprint density at radius 3 is 2.88 bits per heavy atom. The first-order chi connectivity index (χ1) is 11.7. The number of hydrogen-bond donors (Lipinski definition) is 0. The first-order valence-corrected chi connectivity index (χ1v) is 10.2. The topological polar surface area (TPSA) is 26.3 Å². The summed E-state index contributed by atoms with van der Waals surface area (Å²) >= 11 is 0. The number of ether oxygens (including phenoxy) is 1. The van der Waals surface area contributed by atoms with Crippen LogP contribution in [-0.2, 0) is 9.53 Å². The van der Waals surface area contributed by atoms with Crippen molar-refractivity contribution in [1.29, 1.82) is 0 Å². The van der Waals surface area contributed by atoms with Gasteiger partial charge < -0.3 is 4.74 Å². The number of carbonyl (C=O) groups excluding carboxylic acids is 1. The highest BCUT2D eigenvalue weighted by molar-refractivity contribution is 5.70. The van der Waals surface area contributed by atoms with E-state index in [-0.39, 0.29) is 12.1 Å². The van der Waals surface area contributed by atoms with Gasteiger partial charge in [0.25, 0.3) is 0 Å². The number of hydrogen-bond acceptors (Lipinski definition) is 2. The van der Waals surface area contributed by atoms with Gasteiger partial charge in [-0.1, -0.05) is 38.2 Å². The lowest BCUT2D eigenvalue weighted by Crippen LogP contribution is -2.35. The molecule has 0 aromatic rings. The fraction of sp³-hybridized carbons (Fsp3) is 0.773. The van der Waals surface area contributed by atoms with E-state index in [4.69, 9.17) is 4.74 Å². The van der Waals surface area contributed by atoms with Gasteiger partial charge in [-0.05, 0) is 81.0 Å². The molecule has 2 fully saturated rings. The Labute approximate surface area is 147 Å². The van der Waals surface area contributed by atoms with Crippen LogP contribution in [-0.4, -0.2) is 12.1 Å². The van der Waals surface area contributed by atoms with Crippen molar-refractivity contribution in [3.05, 3.63) is 24.3 Å². The number of carbonyl (C=O) groups is 1. The molecule has 0 aromatic heterocycles. The lowest BCUT2D eigenvalue weighted by molar-refractivity contribution is -0.154. The van der Waals surface area contributed by atoms with Crippen LogP contribution < -0.4 is 0 Å². The maximum absolute atomic E-state index is 11.5. The van der Waals surface area contributed by atoms with Gasteiger partial charge in [0.05, 0.1) is 0 Å². The Balaban J connectivity index is 1.56. The summed E-state index contributed by atoms with van der Waals surface area (Å²) in [6, 6.07) is 0. The van der Waals surface area contributed by atoms with Crippen molar-refractivity contribution < 1.29 is 9.53 Å². The van der Waals surface area contributed by atoms with Crippen molar-refractivity contribution in [3.8, 4) is 0 Å². The van der Waals surface area contributed by atoms with Crippen LogP contribution in [0, 0.1) is 29.6 Å². The summed E-state index contributed by atoms with van der Waals surface area (Å²) in [7, 11) is 0. The Kier molecular flexibility index (Phi) is 6.19. The molecule has 2 aliphatic carbocycles. The van der Waals surface area contributed by atoms with E-state index in [1.807, 2.05) is 0 Å².